The summed E-state index contributed by atoms with van der Waals surface area (Å²) in [7, 11) is 0. The number of nitrogens with one attached hydrogen (secondary N) is 1. The van der Waals surface area contributed by atoms with E-state index in [2.05, 4.69) is 15.4 Å². The van der Waals surface area contributed by atoms with Gasteiger partial charge in [0.15, 0.2) is 5.69 Å². The molecule has 2 heterocycles. The minimum Gasteiger partial charge on any atom is -0.309 e. The Labute approximate surface area is 114 Å². The third kappa shape index (κ3) is 3.57. The molecule has 0 unspecified atom stereocenters. The summed E-state index contributed by atoms with van der Waals surface area (Å²) in [5.41, 5.74) is 0.396. The van der Waals surface area contributed by atoms with Crippen LogP contribution in [0.15, 0.2) is 30.6 Å². The summed E-state index contributed by atoms with van der Waals surface area (Å²) in [5.74, 6) is 0. The van der Waals surface area contributed by atoms with Gasteiger partial charge in [0.05, 0.1) is 11.4 Å². The van der Waals surface area contributed by atoms with Crippen LogP contribution in [-0.4, -0.2) is 20.8 Å². The van der Waals surface area contributed by atoms with Crippen LogP contribution in [0.1, 0.15) is 25.2 Å². The molecular formula is C13H15F3N4. The summed E-state index contributed by atoms with van der Waals surface area (Å²) in [6, 6.07) is 4.59. The van der Waals surface area contributed by atoms with Gasteiger partial charge in [-0.05, 0) is 18.2 Å². The van der Waals surface area contributed by atoms with Crippen molar-refractivity contribution in [1.29, 1.82) is 0 Å². The van der Waals surface area contributed by atoms with Gasteiger partial charge in [-0.3, -0.25) is 4.98 Å². The maximum atomic E-state index is 12.5. The van der Waals surface area contributed by atoms with Gasteiger partial charge < -0.3 is 5.32 Å². The van der Waals surface area contributed by atoms with Crippen LogP contribution in [-0.2, 0) is 12.7 Å². The van der Waals surface area contributed by atoms with Gasteiger partial charge in [-0.25, -0.2) is 4.68 Å². The number of aromatic nitrogens is 3. The molecule has 0 atom stereocenters. The molecule has 1 N–H and O–H groups in total. The highest BCUT2D eigenvalue weighted by Crippen LogP contribution is 2.27. The number of pyridine rings is 1. The fraction of sp³-hybridized carbons (Fsp3) is 0.385. The average molecular weight is 284 g/mol. The Hall–Kier alpha value is -1.89. The minimum absolute atomic E-state index is 0.307. The standard InChI is InChI=1S/C13H15F3N4/c1-9(2)18-8-10-7-11(3-5-17-10)20-6-4-12(19-20)13(14,15)16/h3-7,9,18H,8H2,1-2H3. The summed E-state index contributed by atoms with van der Waals surface area (Å²) in [4.78, 5) is 4.17. The summed E-state index contributed by atoms with van der Waals surface area (Å²) < 4.78 is 38.7. The summed E-state index contributed by atoms with van der Waals surface area (Å²) in [6.07, 6.45) is -1.58. The second kappa shape index (κ2) is 5.62. The van der Waals surface area contributed by atoms with Crippen molar-refractivity contribution >= 4 is 0 Å². The fourth-order valence-electron chi connectivity index (χ4n) is 1.63. The van der Waals surface area contributed by atoms with E-state index in [0.29, 0.717) is 18.3 Å². The second-order valence-electron chi connectivity index (χ2n) is 4.68. The molecule has 2 aromatic rings. The van der Waals surface area contributed by atoms with Crippen molar-refractivity contribution in [3.05, 3.63) is 42.0 Å². The highest BCUT2D eigenvalue weighted by Gasteiger charge is 2.33. The van der Waals surface area contributed by atoms with Gasteiger partial charge in [-0.1, -0.05) is 13.8 Å². The van der Waals surface area contributed by atoms with Gasteiger partial charge in [0.2, 0.25) is 0 Å². The monoisotopic (exact) mass is 284 g/mol. The summed E-state index contributed by atoms with van der Waals surface area (Å²) >= 11 is 0. The summed E-state index contributed by atoms with van der Waals surface area (Å²) in [6.45, 7) is 4.57. The molecule has 2 rings (SSSR count). The third-order valence-corrected chi connectivity index (χ3v) is 2.64. The number of hydrogen-bond donors (Lipinski definition) is 1. The quantitative estimate of drug-likeness (QED) is 0.938. The zero-order chi connectivity index (χ0) is 14.8. The number of alkyl halides is 3. The van der Waals surface area contributed by atoms with E-state index in [-0.39, 0.29) is 0 Å². The molecule has 0 radical (unpaired) electrons. The predicted octanol–water partition coefficient (Wildman–Crippen LogP) is 2.78. The molecular weight excluding hydrogens is 269 g/mol. The molecule has 108 valence electrons. The van der Waals surface area contributed by atoms with Crippen molar-refractivity contribution in [1.82, 2.24) is 20.1 Å². The number of halogens is 3. The van der Waals surface area contributed by atoms with Crippen LogP contribution in [0, 0.1) is 0 Å². The van der Waals surface area contributed by atoms with Crippen molar-refractivity contribution < 1.29 is 13.2 Å². The Morgan fingerprint density at radius 1 is 1.30 bits per heavy atom. The van der Waals surface area contributed by atoms with Crippen LogP contribution in [0.4, 0.5) is 13.2 Å². The molecule has 0 aliphatic carbocycles. The highest BCUT2D eigenvalue weighted by atomic mass is 19.4. The van der Waals surface area contributed by atoms with Crippen molar-refractivity contribution in [3.63, 3.8) is 0 Å². The van der Waals surface area contributed by atoms with Gasteiger partial charge in [-0.15, -0.1) is 0 Å². The van der Waals surface area contributed by atoms with Gasteiger partial charge in [0, 0.05) is 25.0 Å². The van der Waals surface area contributed by atoms with Crippen molar-refractivity contribution in [3.8, 4) is 5.69 Å². The first kappa shape index (κ1) is 14.5. The maximum absolute atomic E-state index is 12.5. The molecule has 0 saturated carbocycles. The van der Waals surface area contributed by atoms with E-state index in [0.717, 1.165) is 11.8 Å². The molecule has 0 aliphatic heterocycles. The van der Waals surface area contributed by atoms with E-state index in [4.69, 9.17) is 0 Å². The smallest absolute Gasteiger partial charge is 0.309 e. The van der Waals surface area contributed by atoms with Gasteiger partial charge in [-0.2, -0.15) is 18.3 Å². The fourth-order valence-corrected chi connectivity index (χ4v) is 1.63. The van der Waals surface area contributed by atoms with E-state index < -0.39 is 11.9 Å². The Balaban J connectivity index is 2.20. The normalized spacial score (nSPS) is 12.1. The van der Waals surface area contributed by atoms with Gasteiger partial charge in [0.1, 0.15) is 0 Å². The molecule has 7 heteroatoms. The molecule has 20 heavy (non-hydrogen) atoms. The lowest BCUT2D eigenvalue weighted by molar-refractivity contribution is -0.141. The Bertz CT molecular complexity index is 575. The van der Waals surface area contributed by atoms with E-state index in [9.17, 15) is 13.2 Å². The maximum Gasteiger partial charge on any atom is 0.435 e. The highest BCUT2D eigenvalue weighted by molar-refractivity contribution is 5.31. The number of nitrogens with zero attached hydrogens (tertiary/aromatic N) is 3. The lowest BCUT2D eigenvalue weighted by Crippen LogP contribution is -2.22. The van der Waals surface area contributed by atoms with E-state index >= 15 is 0 Å². The van der Waals surface area contributed by atoms with E-state index in [1.165, 1.54) is 10.9 Å². The molecule has 4 nitrogen and oxygen atoms in total. The Morgan fingerprint density at radius 3 is 2.65 bits per heavy atom. The van der Waals surface area contributed by atoms with E-state index in [1.807, 2.05) is 13.8 Å². The first-order valence-electron chi connectivity index (χ1n) is 6.18. The van der Waals surface area contributed by atoms with Crippen LogP contribution >= 0.6 is 0 Å². The molecule has 0 fully saturated rings. The van der Waals surface area contributed by atoms with Gasteiger partial charge in [0.25, 0.3) is 0 Å². The largest absolute Gasteiger partial charge is 0.435 e. The topological polar surface area (TPSA) is 42.7 Å². The van der Waals surface area contributed by atoms with Crippen molar-refractivity contribution in [2.45, 2.75) is 32.6 Å². The zero-order valence-electron chi connectivity index (χ0n) is 11.1. The molecule has 0 amide bonds. The molecule has 2 aromatic heterocycles. The summed E-state index contributed by atoms with van der Waals surface area (Å²) in [5, 5.41) is 6.73. The second-order valence-corrected chi connectivity index (χ2v) is 4.68. The van der Waals surface area contributed by atoms with Crippen LogP contribution in [0.3, 0.4) is 0 Å². The molecule has 0 bridgehead atoms. The van der Waals surface area contributed by atoms with Crippen LogP contribution in [0.5, 0.6) is 0 Å². The Kier molecular flexibility index (Phi) is 4.08. The average Bonchev–Trinajstić information content (AvgIpc) is 2.86. The van der Waals surface area contributed by atoms with Crippen molar-refractivity contribution in [2.75, 3.05) is 0 Å². The van der Waals surface area contributed by atoms with Crippen molar-refractivity contribution in [2.24, 2.45) is 0 Å². The SMILES string of the molecule is CC(C)NCc1cc(-n2ccc(C(F)(F)F)n2)ccn1. The minimum atomic E-state index is -4.43. The van der Waals surface area contributed by atoms with Crippen LogP contribution < -0.4 is 5.32 Å². The van der Waals surface area contributed by atoms with Gasteiger partial charge >= 0.3 is 6.18 Å². The number of hydrogen-bond acceptors (Lipinski definition) is 3. The first-order chi connectivity index (χ1) is 9.36. The lowest BCUT2D eigenvalue weighted by atomic mass is 10.3. The first-order valence-corrected chi connectivity index (χ1v) is 6.18. The Morgan fingerprint density at radius 2 is 2.05 bits per heavy atom. The lowest BCUT2D eigenvalue weighted by Gasteiger charge is -2.08. The third-order valence-electron chi connectivity index (χ3n) is 2.64. The molecule has 0 spiro atoms. The van der Waals surface area contributed by atoms with Crippen LogP contribution in [0.2, 0.25) is 0 Å². The van der Waals surface area contributed by atoms with Crippen LogP contribution in [0.25, 0.3) is 5.69 Å². The molecule has 0 aromatic carbocycles. The molecule has 0 aliphatic rings. The zero-order valence-corrected chi connectivity index (χ0v) is 11.1. The number of rotatable bonds is 4. The molecule has 0 saturated heterocycles. The predicted molar refractivity (Wildman–Crippen MR) is 68.3 cm³/mol. The van der Waals surface area contributed by atoms with E-state index in [1.54, 1.807) is 18.3 Å².